The maximum atomic E-state index is 12.0. The summed E-state index contributed by atoms with van der Waals surface area (Å²) < 4.78 is 10.7. The van der Waals surface area contributed by atoms with E-state index in [0.29, 0.717) is 17.3 Å². The Balaban J connectivity index is 1.59. The van der Waals surface area contributed by atoms with Crippen molar-refractivity contribution in [3.05, 3.63) is 65.7 Å². The predicted molar refractivity (Wildman–Crippen MR) is 92.0 cm³/mol. The minimum absolute atomic E-state index is 0.0916. The smallest absolute Gasteiger partial charge is 0.264 e. The summed E-state index contributed by atoms with van der Waals surface area (Å²) in [7, 11) is 0. The first-order valence-corrected chi connectivity index (χ1v) is 7.64. The van der Waals surface area contributed by atoms with Crippen molar-refractivity contribution in [3.63, 3.8) is 0 Å². The zero-order valence-electron chi connectivity index (χ0n) is 13.6. The quantitative estimate of drug-likeness (QED) is 0.772. The first kappa shape index (κ1) is 15.8. The molecular weight excluding hydrogens is 304 g/mol. The molecule has 0 fully saturated rings. The molecule has 1 amide bonds. The lowest BCUT2D eigenvalue weighted by atomic mass is 10.1. The minimum Gasteiger partial charge on any atom is -0.483 e. The van der Waals surface area contributed by atoms with E-state index in [2.05, 4.69) is 10.5 Å². The Hall–Kier alpha value is -3.08. The van der Waals surface area contributed by atoms with Crippen LogP contribution in [0.25, 0.3) is 11.3 Å². The molecule has 0 aliphatic carbocycles. The van der Waals surface area contributed by atoms with Gasteiger partial charge in [-0.05, 0) is 31.0 Å². The molecular formula is C19H18N2O3. The van der Waals surface area contributed by atoms with Crippen molar-refractivity contribution in [2.24, 2.45) is 0 Å². The number of aromatic nitrogens is 1. The van der Waals surface area contributed by atoms with E-state index < -0.39 is 0 Å². The number of hydrogen-bond donors (Lipinski definition) is 1. The van der Waals surface area contributed by atoms with E-state index in [-0.39, 0.29) is 12.5 Å². The zero-order valence-corrected chi connectivity index (χ0v) is 13.6. The monoisotopic (exact) mass is 322 g/mol. The minimum atomic E-state index is -0.299. The summed E-state index contributed by atoms with van der Waals surface area (Å²) in [5, 5.41) is 6.60. The Kier molecular flexibility index (Phi) is 4.61. The number of rotatable bonds is 5. The first-order valence-electron chi connectivity index (χ1n) is 7.64. The van der Waals surface area contributed by atoms with Gasteiger partial charge >= 0.3 is 0 Å². The van der Waals surface area contributed by atoms with Gasteiger partial charge in [-0.15, -0.1) is 0 Å². The van der Waals surface area contributed by atoms with Gasteiger partial charge in [0.25, 0.3) is 5.91 Å². The van der Waals surface area contributed by atoms with Crippen LogP contribution in [0.5, 0.6) is 5.75 Å². The maximum absolute atomic E-state index is 12.0. The number of hydrogen-bond acceptors (Lipinski definition) is 4. The van der Waals surface area contributed by atoms with Crippen LogP contribution in [0.3, 0.4) is 0 Å². The Labute approximate surface area is 140 Å². The lowest BCUT2D eigenvalue weighted by Crippen LogP contribution is -2.20. The fraction of sp³-hybridized carbons (Fsp3) is 0.158. The highest BCUT2D eigenvalue weighted by molar-refractivity contribution is 5.91. The van der Waals surface area contributed by atoms with Crippen LogP contribution in [0.1, 0.15) is 11.1 Å². The number of aryl methyl sites for hydroxylation is 1. The van der Waals surface area contributed by atoms with Crippen molar-refractivity contribution >= 4 is 11.8 Å². The van der Waals surface area contributed by atoms with Gasteiger partial charge in [0.2, 0.25) is 5.88 Å². The number of ether oxygens (including phenoxy) is 1. The van der Waals surface area contributed by atoms with E-state index in [1.165, 1.54) is 0 Å². The van der Waals surface area contributed by atoms with E-state index >= 15 is 0 Å². The molecule has 5 heteroatoms. The predicted octanol–water partition coefficient (Wildman–Crippen LogP) is 3.98. The summed E-state index contributed by atoms with van der Waals surface area (Å²) in [6.07, 6.45) is 0. The molecule has 3 aromatic rings. The highest BCUT2D eigenvalue weighted by atomic mass is 16.5. The standard InChI is InChI=1S/C19H18N2O3/c1-13-7-6-10-17(14(13)2)23-12-18(22)20-19-11-16(21-24-19)15-8-4-3-5-9-15/h3-11H,12H2,1-2H3,(H,20,22). The summed E-state index contributed by atoms with van der Waals surface area (Å²) in [5.74, 6) is 0.697. The van der Waals surface area contributed by atoms with Gasteiger partial charge < -0.3 is 9.26 Å². The first-order chi connectivity index (χ1) is 11.6. The Morgan fingerprint density at radius 2 is 1.92 bits per heavy atom. The number of anilines is 1. The van der Waals surface area contributed by atoms with Gasteiger partial charge in [0.05, 0.1) is 0 Å². The van der Waals surface area contributed by atoms with Crippen LogP contribution in [0.15, 0.2) is 59.1 Å². The Morgan fingerprint density at radius 1 is 1.12 bits per heavy atom. The van der Waals surface area contributed by atoms with Crippen molar-refractivity contribution in [2.75, 3.05) is 11.9 Å². The molecule has 24 heavy (non-hydrogen) atoms. The van der Waals surface area contributed by atoms with Gasteiger partial charge in [0, 0.05) is 11.6 Å². The van der Waals surface area contributed by atoms with Crippen molar-refractivity contribution in [1.82, 2.24) is 5.16 Å². The molecule has 0 aliphatic rings. The summed E-state index contributed by atoms with van der Waals surface area (Å²) in [6, 6.07) is 17.0. The molecule has 1 N–H and O–H groups in total. The van der Waals surface area contributed by atoms with Gasteiger partial charge in [-0.1, -0.05) is 47.6 Å². The second kappa shape index (κ2) is 7.00. The number of nitrogens with one attached hydrogen (secondary N) is 1. The van der Waals surface area contributed by atoms with Crippen LogP contribution in [0.2, 0.25) is 0 Å². The number of carbonyl (C=O) groups is 1. The molecule has 0 spiro atoms. The average molecular weight is 322 g/mol. The second-order valence-corrected chi connectivity index (χ2v) is 5.48. The molecule has 0 aliphatic heterocycles. The van der Waals surface area contributed by atoms with Gasteiger partial charge in [-0.25, -0.2) is 0 Å². The molecule has 3 rings (SSSR count). The normalized spacial score (nSPS) is 10.4. The molecule has 0 bridgehead atoms. The van der Waals surface area contributed by atoms with Crippen LogP contribution < -0.4 is 10.1 Å². The molecule has 1 aromatic heterocycles. The number of benzene rings is 2. The lowest BCUT2D eigenvalue weighted by molar-refractivity contribution is -0.118. The molecule has 0 radical (unpaired) electrons. The SMILES string of the molecule is Cc1cccc(OCC(=O)Nc2cc(-c3ccccc3)no2)c1C. The van der Waals surface area contributed by atoms with Gasteiger partial charge in [-0.2, -0.15) is 0 Å². The molecule has 0 saturated heterocycles. The third kappa shape index (κ3) is 3.63. The van der Waals surface area contributed by atoms with Gasteiger partial charge in [-0.3, -0.25) is 10.1 Å². The summed E-state index contributed by atoms with van der Waals surface area (Å²) in [6.45, 7) is 3.87. The van der Waals surface area contributed by atoms with E-state index in [1.54, 1.807) is 6.07 Å². The van der Waals surface area contributed by atoms with Crippen molar-refractivity contribution in [3.8, 4) is 17.0 Å². The van der Waals surface area contributed by atoms with Crippen LogP contribution in [0.4, 0.5) is 5.88 Å². The summed E-state index contributed by atoms with van der Waals surface area (Å²) >= 11 is 0. The number of carbonyl (C=O) groups excluding carboxylic acids is 1. The highest BCUT2D eigenvalue weighted by Gasteiger charge is 2.11. The van der Waals surface area contributed by atoms with E-state index in [1.807, 2.05) is 62.4 Å². The van der Waals surface area contributed by atoms with E-state index in [4.69, 9.17) is 9.26 Å². The van der Waals surface area contributed by atoms with Gasteiger partial charge in [0.15, 0.2) is 6.61 Å². The van der Waals surface area contributed by atoms with Crippen molar-refractivity contribution < 1.29 is 14.1 Å². The van der Waals surface area contributed by atoms with Gasteiger partial charge in [0.1, 0.15) is 11.4 Å². The van der Waals surface area contributed by atoms with Crippen molar-refractivity contribution in [1.29, 1.82) is 0 Å². The van der Waals surface area contributed by atoms with Crippen LogP contribution in [0, 0.1) is 13.8 Å². The zero-order chi connectivity index (χ0) is 16.9. The Bertz CT molecular complexity index is 841. The lowest BCUT2D eigenvalue weighted by Gasteiger charge is -2.10. The Morgan fingerprint density at radius 3 is 2.71 bits per heavy atom. The fourth-order valence-corrected chi connectivity index (χ4v) is 2.28. The molecule has 122 valence electrons. The molecule has 1 heterocycles. The van der Waals surface area contributed by atoms with Crippen LogP contribution in [-0.4, -0.2) is 17.7 Å². The van der Waals surface area contributed by atoms with Crippen LogP contribution in [-0.2, 0) is 4.79 Å². The van der Waals surface area contributed by atoms with Crippen LogP contribution >= 0.6 is 0 Å². The largest absolute Gasteiger partial charge is 0.483 e. The van der Waals surface area contributed by atoms with Crippen molar-refractivity contribution in [2.45, 2.75) is 13.8 Å². The third-order valence-corrected chi connectivity index (χ3v) is 3.76. The maximum Gasteiger partial charge on any atom is 0.264 e. The molecule has 5 nitrogen and oxygen atoms in total. The molecule has 0 atom stereocenters. The summed E-state index contributed by atoms with van der Waals surface area (Å²) in [5.41, 5.74) is 3.74. The fourth-order valence-electron chi connectivity index (χ4n) is 2.28. The third-order valence-electron chi connectivity index (χ3n) is 3.76. The van der Waals surface area contributed by atoms with E-state index in [0.717, 1.165) is 16.7 Å². The second-order valence-electron chi connectivity index (χ2n) is 5.48. The highest BCUT2D eigenvalue weighted by Crippen LogP contribution is 2.22. The summed E-state index contributed by atoms with van der Waals surface area (Å²) in [4.78, 5) is 12.0. The molecule has 0 unspecified atom stereocenters. The number of amides is 1. The topological polar surface area (TPSA) is 64.4 Å². The average Bonchev–Trinajstić information content (AvgIpc) is 3.05. The molecule has 0 saturated carbocycles. The number of nitrogens with zero attached hydrogens (tertiary/aromatic N) is 1. The van der Waals surface area contributed by atoms with E-state index in [9.17, 15) is 4.79 Å². The molecule has 2 aromatic carbocycles.